The molecule has 0 radical (unpaired) electrons. The van der Waals surface area contributed by atoms with Gasteiger partial charge in [0.25, 0.3) is 0 Å². The molecule has 0 aromatic carbocycles. The van der Waals surface area contributed by atoms with E-state index in [9.17, 15) is 13.2 Å². The van der Waals surface area contributed by atoms with Crippen LogP contribution in [-0.2, 0) is 12.7 Å². The number of H-pyrrole nitrogens is 1. The predicted molar refractivity (Wildman–Crippen MR) is 77.4 cm³/mol. The maximum atomic E-state index is 12.6. The molecule has 0 saturated carbocycles. The summed E-state index contributed by atoms with van der Waals surface area (Å²) in [5.74, 6) is 0.0441. The maximum Gasteiger partial charge on any atom is 0.435 e. The third-order valence-corrected chi connectivity index (χ3v) is 4.60. The summed E-state index contributed by atoms with van der Waals surface area (Å²) in [5.41, 5.74) is 5.32. The van der Waals surface area contributed by atoms with Crippen LogP contribution in [0.3, 0.4) is 0 Å². The number of hydrogen-bond acceptors (Lipinski definition) is 5. The number of thiazole rings is 1. The topological polar surface area (TPSA) is 70.8 Å². The molecule has 1 aliphatic heterocycles. The van der Waals surface area contributed by atoms with Gasteiger partial charge in [0, 0.05) is 35.8 Å². The lowest BCUT2D eigenvalue weighted by molar-refractivity contribution is -0.141. The van der Waals surface area contributed by atoms with E-state index in [-0.39, 0.29) is 5.92 Å². The maximum absolute atomic E-state index is 12.6. The van der Waals surface area contributed by atoms with Crippen molar-refractivity contribution in [1.29, 1.82) is 0 Å². The zero-order valence-electron chi connectivity index (χ0n) is 11.7. The van der Waals surface area contributed by atoms with Crippen molar-refractivity contribution in [3.8, 4) is 0 Å². The molecule has 2 aromatic heterocycles. The van der Waals surface area contributed by atoms with Gasteiger partial charge in [-0.25, -0.2) is 4.98 Å². The van der Waals surface area contributed by atoms with Crippen LogP contribution in [0.15, 0.2) is 12.3 Å². The Labute approximate surface area is 129 Å². The van der Waals surface area contributed by atoms with Crippen LogP contribution in [-0.4, -0.2) is 33.2 Å². The van der Waals surface area contributed by atoms with Crippen molar-refractivity contribution in [2.75, 3.05) is 18.8 Å². The Morgan fingerprint density at radius 1 is 1.45 bits per heavy atom. The van der Waals surface area contributed by atoms with Gasteiger partial charge in [-0.1, -0.05) is 0 Å². The van der Waals surface area contributed by atoms with E-state index < -0.39 is 11.9 Å². The number of nitrogens with one attached hydrogen (secondary N) is 1. The molecule has 2 aromatic rings. The van der Waals surface area contributed by atoms with Crippen LogP contribution in [0, 0.1) is 0 Å². The van der Waals surface area contributed by atoms with E-state index in [1.165, 1.54) is 11.3 Å². The highest BCUT2D eigenvalue weighted by atomic mass is 32.1. The van der Waals surface area contributed by atoms with Crippen LogP contribution < -0.4 is 5.73 Å². The average Bonchev–Trinajstić information content (AvgIpc) is 3.08. The zero-order valence-corrected chi connectivity index (χ0v) is 12.5. The zero-order chi connectivity index (χ0) is 15.7. The first-order chi connectivity index (χ1) is 10.4. The third-order valence-electron chi connectivity index (χ3n) is 3.78. The number of nitrogens with zero attached hydrogens (tertiary/aromatic N) is 3. The van der Waals surface area contributed by atoms with Gasteiger partial charge in [0.05, 0.1) is 0 Å². The number of alkyl halides is 3. The molecule has 5 nitrogen and oxygen atoms in total. The normalized spacial score (nSPS) is 20.4. The Morgan fingerprint density at radius 2 is 2.27 bits per heavy atom. The number of nitrogen functional groups attached to an aromatic ring is 1. The van der Waals surface area contributed by atoms with Gasteiger partial charge in [-0.15, -0.1) is 11.3 Å². The molecule has 1 unspecified atom stereocenters. The molecule has 1 aliphatic rings. The van der Waals surface area contributed by atoms with Gasteiger partial charge in [-0.3, -0.25) is 10.00 Å². The van der Waals surface area contributed by atoms with E-state index >= 15 is 0 Å². The summed E-state index contributed by atoms with van der Waals surface area (Å²) in [5, 5.41) is 6.46. The minimum absolute atomic E-state index is 0.0441. The second-order valence-electron chi connectivity index (χ2n) is 5.45. The largest absolute Gasteiger partial charge is 0.435 e. The molecular weight excluding hydrogens is 315 g/mol. The average molecular weight is 331 g/mol. The SMILES string of the molecule is Nc1ncc(CN2CCCC(c3cc(C(F)(F)F)n[nH]3)C2)s1. The number of aromatic amines is 1. The number of aromatic nitrogens is 3. The Hall–Kier alpha value is -1.61. The summed E-state index contributed by atoms with van der Waals surface area (Å²) in [6.45, 7) is 2.36. The first-order valence-electron chi connectivity index (χ1n) is 6.97. The van der Waals surface area contributed by atoms with E-state index in [4.69, 9.17) is 5.73 Å². The number of rotatable bonds is 3. The summed E-state index contributed by atoms with van der Waals surface area (Å²) < 4.78 is 37.9. The molecule has 0 spiro atoms. The fourth-order valence-corrected chi connectivity index (χ4v) is 3.49. The highest BCUT2D eigenvalue weighted by Crippen LogP contribution is 2.32. The summed E-state index contributed by atoms with van der Waals surface area (Å²) in [6.07, 6.45) is -0.842. The van der Waals surface area contributed by atoms with Gasteiger partial charge in [0.15, 0.2) is 10.8 Å². The second kappa shape index (κ2) is 5.88. The van der Waals surface area contributed by atoms with E-state index in [0.717, 1.165) is 36.9 Å². The molecule has 3 heterocycles. The lowest BCUT2D eigenvalue weighted by Crippen LogP contribution is -2.33. The molecule has 120 valence electrons. The Bertz CT molecular complexity index is 636. The van der Waals surface area contributed by atoms with Gasteiger partial charge in [0.2, 0.25) is 0 Å². The molecule has 1 fully saturated rings. The van der Waals surface area contributed by atoms with Crippen molar-refractivity contribution < 1.29 is 13.2 Å². The minimum Gasteiger partial charge on any atom is -0.375 e. The number of hydrogen-bond donors (Lipinski definition) is 2. The van der Waals surface area contributed by atoms with Gasteiger partial charge in [0.1, 0.15) is 0 Å². The molecule has 0 amide bonds. The quantitative estimate of drug-likeness (QED) is 0.907. The van der Waals surface area contributed by atoms with Crippen LogP contribution in [0.5, 0.6) is 0 Å². The molecule has 3 N–H and O–H groups in total. The van der Waals surface area contributed by atoms with Crippen LogP contribution in [0.4, 0.5) is 18.3 Å². The summed E-state index contributed by atoms with van der Waals surface area (Å²) in [7, 11) is 0. The van der Waals surface area contributed by atoms with Crippen molar-refractivity contribution in [2.45, 2.75) is 31.5 Å². The first-order valence-corrected chi connectivity index (χ1v) is 7.78. The highest BCUT2D eigenvalue weighted by Gasteiger charge is 2.35. The molecule has 0 bridgehead atoms. The second-order valence-corrected chi connectivity index (χ2v) is 6.59. The van der Waals surface area contributed by atoms with E-state index in [1.807, 2.05) is 0 Å². The third kappa shape index (κ3) is 3.41. The molecule has 1 atom stereocenters. The van der Waals surface area contributed by atoms with Crippen molar-refractivity contribution in [2.24, 2.45) is 0 Å². The van der Waals surface area contributed by atoms with Crippen LogP contribution >= 0.6 is 11.3 Å². The standard InChI is InChI=1S/C13H16F3N5S/c14-13(15,16)11-4-10(19-20-11)8-2-1-3-21(6-8)7-9-5-18-12(17)22-9/h4-5,8H,1-3,6-7H2,(H2,17,18)(H,19,20). The van der Waals surface area contributed by atoms with Crippen LogP contribution in [0.25, 0.3) is 0 Å². The molecule has 22 heavy (non-hydrogen) atoms. The monoisotopic (exact) mass is 331 g/mol. The lowest BCUT2D eigenvalue weighted by atomic mass is 9.94. The number of likely N-dealkylation sites (tertiary alicyclic amines) is 1. The van der Waals surface area contributed by atoms with Gasteiger partial charge < -0.3 is 5.73 Å². The Kier molecular flexibility index (Phi) is 4.09. The van der Waals surface area contributed by atoms with Crippen molar-refractivity contribution in [3.63, 3.8) is 0 Å². The van der Waals surface area contributed by atoms with E-state index in [0.29, 0.717) is 17.4 Å². The molecule has 3 rings (SSSR count). The van der Waals surface area contributed by atoms with Crippen LogP contribution in [0.1, 0.15) is 35.0 Å². The lowest BCUT2D eigenvalue weighted by Gasteiger charge is -2.31. The summed E-state index contributed by atoms with van der Waals surface area (Å²) in [4.78, 5) is 7.30. The smallest absolute Gasteiger partial charge is 0.375 e. The molecule has 0 aliphatic carbocycles. The minimum atomic E-state index is -4.40. The predicted octanol–water partition coefficient (Wildman–Crippen LogP) is 2.85. The highest BCUT2D eigenvalue weighted by molar-refractivity contribution is 7.15. The van der Waals surface area contributed by atoms with E-state index in [2.05, 4.69) is 20.1 Å². The number of anilines is 1. The first kappa shape index (κ1) is 15.3. The number of halogens is 3. The van der Waals surface area contributed by atoms with Gasteiger partial charge >= 0.3 is 6.18 Å². The van der Waals surface area contributed by atoms with Crippen molar-refractivity contribution >= 4 is 16.5 Å². The molecule has 1 saturated heterocycles. The Balaban J connectivity index is 1.66. The van der Waals surface area contributed by atoms with Crippen LogP contribution in [0.2, 0.25) is 0 Å². The molecular formula is C13H16F3N5S. The number of nitrogens with two attached hydrogens (primary N) is 1. The fraction of sp³-hybridized carbons (Fsp3) is 0.538. The fourth-order valence-electron chi connectivity index (χ4n) is 2.76. The summed E-state index contributed by atoms with van der Waals surface area (Å²) in [6, 6.07) is 1.12. The van der Waals surface area contributed by atoms with Crippen molar-refractivity contribution in [3.05, 3.63) is 28.5 Å². The number of piperidine rings is 1. The van der Waals surface area contributed by atoms with Gasteiger partial charge in [-0.05, 0) is 25.5 Å². The summed E-state index contributed by atoms with van der Waals surface area (Å²) >= 11 is 1.44. The van der Waals surface area contributed by atoms with Gasteiger partial charge in [-0.2, -0.15) is 18.3 Å². The van der Waals surface area contributed by atoms with E-state index in [1.54, 1.807) is 6.20 Å². The molecule has 9 heteroatoms. The Morgan fingerprint density at radius 3 is 2.91 bits per heavy atom. The van der Waals surface area contributed by atoms with Crippen molar-refractivity contribution in [1.82, 2.24) is 20.1 Å².